The van der Waals surface area contributed by atoms with Gasteiger partial charge in [0.05, 0.1) is 0 Å². The first kappa shape index (κ1) is 14.6. The van der Waals surface area contributed by atoms with Crippen molar-refractivity contribution in [3.8, 4) is 0 Å². The lowest BCUT2D eigenvalue weighted by Crippen LogP contribution is -2.27. The Labute approximate surface area is 140 Å². The van der Waals surface area contributed by atoms with Crippen molar-refractivity contribution in [2.45, 2.75) is 6.54 Å². The Morgan fingerprint density at radius 3 is 2.71 bits per heavy atom. The van der Waals surface area contributed by atoms with E-state index in [-0.39, 0.29) is 5.91 Å². The number of nitrogens with zero attached hydrogens (tertiary/aromatic N) is 2. The topological polar surface area (TPSA) is 39.0 Å². The minimum absolute atomic E-state index is 0.0248. The number of aryl methyl sites for hydroxylation is 1. The van der Waals surface area contributed by atoms with Crippen LogP contribution in [0.2, 0.25) is 0 Å². The van der Waals surface area contributed by atoms with Crippen LogP contribution in [0.4, 0.5) is 0 Å². The van der Waals surface area contributed by atoms with Gasteiger partial charge >= 0.3 is 0 Å². The van der Waals surface area contributed by atoms with Crippen LogP contribution in [0.1, 0.15) is 10.4 Å². The fourth-order valence-electron chi connectivity index (χ4n) is 3.22. The molecule has 1 N–H and O–H groups in total. The maximum absolute atomic E-state index is 12.5. The van der Waals surface area contributed by atoms with E-state index in [9.17, 15) is 4.79 Å². The first-order valence-corrected chi connectivity index (χ1v) is 8.10. The SMILES string of the molecule is Cn1ccc2c(C(=O)NCCn3ccc4ccccc43)cccc21. The van der Waals surface area contributed by atoms with Crippen LogP contribution in [-0.2, 0) is 13.6 Å². The lowest BCUT2D eigenvalue weighted by molar-refractivity contribution is 0.0954. The molecule has 0 saturated carbocycles. The van der Waals surface area contributed by atoms with E-state index in [4.69, 9.17) is 0 Å². The van der Waals surface area contributed by atoms with Gasteiger partial charge in [-0.2, -0.15) is 0 Å². The fraction of sp³-hybridized carbons (Fsp3) is 0.150. The predicted molar refractivity (Wildman–Crippen MR) is 97.2 cm³/mol. The third kappa shape index (κ3) is 2.46. The molecule has 120 valence electrons. The van der Waals surface area contributed by atoms with Crippen LogP contribution in [0.25, 0.3) is 21.8 Å². The average Bonchev–Trinajstić information content (AvgIpc) is 3.19. The van der Waals surface area contributed by atoms with E-state index in [1.165, 1.54) is 10.9 Å². The third-order valence-electron chi connectivity index (χ3n) is 4.49. The van der Waals surface area contributed by atoms with Crippen LogP contribution < -0.4 is 5.32 Å². The second kappa shape index (κ2) is 5.89. The Bertz CT molecular complexity index is 1030. The van der Waals surface area contributed by atoms with Crippen molar-refractivity contribution in [2.75, 3.05) is 6.54 Å². The van der Waals surface area contributed by atoms with Gasteiger partial charge in [0.25, 0.3) is 5.91 Å². The number of hydrogen-bond acceptors (Lipinski definition) is 1. The second-order valence-corrected chi connectivity index (χ2v) is 5.99. The number of hydrogen-bond donors (Lipinski definition) is 1. The highest BCUT2D eigenvalue weighted by atomic mass is 16.1. The van der Waals surface area contributed by atoms with E-state index in [0.29, 0.717) is 6.54 Å². The van der Waals surface area contributed by atoms with Gasteiger partial charge in [-0.3, -0.25) is 4.79 Å². The van der Waals surface area contributed by atoms with Crippen molar-refractivity contribution in [3.05, 3.63) is 72.6 Å². The van der Waals surface area contributed by atoms with E-state index in [2.05, 4.69) is 34.3 Å². The summed E-state index contributed by atoms with van der Waals surface area (Å²) in [5.74, 6) is -0.0248. The van der Waals surface area contributed by atoms with Gasteiger partial charge in [0.2, 0.25) is 0 Å². The van der Waals surface area contributed by atoms with E-state index >= 15 is 0 Å². The second-order valence-electron chi connectivity index (χ2n) is 5.99. The van der Waals surface area contributed by atoms with E-state index < -0.39 is 0 Å². The van der Waals surface area contributed by atoms with Crippen molar-refractivity contribution in [3.63, 3.8) is 0 Å². The van der Waals surface area contributed by atoms with Gasteiger partial charge in [-0.15, -0.1) is 0 Å². The summed E-state index contributed by atoms with van der Waals surface area (Å²) >= 11 is 0. The number of carbonyl (C=O) groups excluding carboxylic acids is 1. The normalized spacial score (nSPS) is 11.2. The van der Waals surface area contributed by atoms with E-state index in [1.807, 2.05) is 54.2 Å². The fourth-order valence-corrected chi connectivity index (χ4v) is 3.22. The number of aromatic nitrogens is 2. The molecule has 2 aromatic carbocycles. The highest BCUT2D eigenvalue weighted by molar-refractivity contribution is 6.06. The van der Waals surface area contributed by atoms with Gasteiger partial charge < -0.3 is 14.5 Å². The van der Waals surface area contributed by atoms with Gasteiger partial charge in [0.15, 0.2) is 0 Å². The third-order valence-corrected chi connectivity index (χ3v) is 4.49. The van der Waals surface area contributed by atoms with E-state index in [1.54, 1.807) is 0 Å². The van der Waals surface area contributed by atoms with Gasteiger partial charge in [-0.1, -0.05) is 24.3 Å². The smallest absolute Gasteiger partial charge is 0.252 e. The van der Waals surface area contributed by atoms with E-state index in [0.717, 1.165) is 23.0 Å². The van der Waals surface area contributed by atoms with Crippen LogP contribution >= 0.6 is 0 Å². The first-order valence-electron chi connectivity index (χ1n) is 8.10. The van der Waals surface area contributed by atoms with Crippen LogP contribution in [0, 0.1) is 0 Å². The van der Waals surface area contributed by atoms with Gasteiger partial charge in [0, 0.05) is 54.5 Å². The first-order chi connectivity index (χ1) is 11.7. The number of benzene rings is 2. The maximum Gasteiger partial charge on any atom is 0.252 e. The van der Waals surface area contributed by atoms with Crippen molar-refractivity contribution in [2.24, 2.45) is 7.05 Å². The molecule has 1 amide bonds. The molecule has 2 aromatic heterocycles. The Morgan fingerprint density at radius 2 is 1.79 bits per heavy atom. The summed E-state index contributed by atoms with van der Waals surface area (Å²) in [4.78, 5) is 12.5. The predicted octanol–water partition coefficient (Wildman–Crippen LogP) is 3.56. The number of nitrogens with one attached hydrogen (secondary N) is 1. The summed E-state index contributed by atoms with van der Waals surface area (Å²) in [7, 11) is 1.99. The van der Waals surface area contributed by atoms with Gasteiger partial charge in [-0.25, -0.2) is 0 Å². The zero-order chi connectivity index (χ0) is 16.5. The van der Waals surface area contributed by atoms with Gasteiger partial charge in [-0.05, 0) is 35.7 Å². The van der Waals surface area contributed by atoms with Crippen molar-refractivity contribution >= 4 is 27.7 Å². The Balaban J connectivity index is 1.48. The molecule has 0 aliphatic rings. The largest absolute Gasteiger partial charge is 0.351 e. The molecule has 0 aliphatic heterocycles. The van der Waals surface area contributed by atoms with Gasteiger partial charge in [0.1, 0.15) is 0 Å². The number of carbonyl (C=O) groups is 1. The summed E-state index contributed by atoms with van der Waals surface area (Å²) in [6, 6.07) is 18.2. The highest BCUT2D eigenvalue weighted by Gasteiger charge is 2.11. The zero-order valence-corrected chi connectivity index (χ0v) is 13.6. The summed E-state index contributed by atoms with van der Waals surface area (Å²) in [6.07, 6.45) is 4.04. The standard InChI is InChI=1S/C20H19N3O/c1-22-12-10-16-17(6-4-8-19(16)22)20(24)21-11-14-23-13-9-15-5-2-3-7-18(15)23/h2-10,12-13H,11,14H2,1H3,(H,21,24). The molecule has 4 heteroatoms. The van der Waals surface area contributed by atoms with Crippen LogP contribution in [-0.4, -0.2) is 21.6 Å². The summed E-state index contributed by atoms with van der Waals surface area (Å²) in [5, 5.41) is 5.24. The minimum atomic E-state index is -0.0248. The average molecular weight is 317 g/mol. The quantitative estimate of drug-likeness (QED) is 0.614. The van der Waals surface area contributed by atoms with Crippen LogP contribution in [0.3, 0.4) is 0 Å². The molecule has 0 bridgehead atoms. The molecule has 0 unspecified atom stereocenters. The molecule has 0 radical (unpaired) electrons. The molecule has 0 atom stereocenters. The maximum atomic E-state index is 12.5. The molecule has 0 saturated heterocycles. The van der Waals surface area contributed by atoms with Crippen LogP contribution in [0.5, 0.6) is 0 Å². The highest BCUT2D eigenvalue weighted by Crippen LogP contribution is 2.19. The summed E-state index contributed by atoms with van der Waals surface area (Å²) in [6.45, 7) is 1.35. The molecular formula is C20H19N3O. The minimum Gasteiger partial charge on any atom is -0.351 e. The molecule has 4 aromatic rings. The lowest BCUT2D eigenvalue weighted by Gasteiger charge is -2.09. The molecule has 0 spiro atoms. The van der Waals surface area contributed by atoms with Crippen molar-refractivity contribution < 1.29 is 4.79 Å². The molecule has 4 nitrogen and oxygen atoms in total. The van der Waals surface area contributed by atoms with Crippen molar-refractivity contribution in [1.82, 2.24) is 14.5 Å². The Morgan fingerprint density at radius 1 is 0.958 bits per heavy atom. The molecule has 4 rings (SSSR count). The Hall–Kier alpha value is -3.01. The van der Waals surface area contributed by atoms with Crippen LogP contribution in [0.15, 0.2) is 67.0 Å². The van der Waals surface area contributed by atoms with Crippen molar-refractivity contribution in [1.29, 1.82) is 0 Å². The number of rotatable bonds is 4. The molecule has 0 fully saturated rings. The number of fused-ring (bicyclic) bond motifs is 2. The lowest BCUT2D eigenvalue weighted by atomic mass is 10.1. The number of para-hydroxylation sites is 1. The molecular weight excluding hydrogens is 298 g/mol. The zero-order valence-electron chi connectivity index (χ0n) is 13.6. The molecule has 2 heterocycles. The summed E-state index contributed by atoms with van der Waals surface area (Å²) < 4.78 is 4.19. The number of amides is 1. The Kier molecular flexibility index (Phi) is 3.58. The monoisotopic (exact) mass is 317 g/mol. The molecule has 24 heavy (non-hydrogen) atoms. The molecule has 0 aliphatic carbocycles. The summed E-state index contributed by atoms with van der Waals surface area (Å²) in [5.41, 5.74) is 2.99.